The first-order valence-electron chi connectivity index (χ1n) is 9.98. The number of fused-ring (bicyclic) bond motifs is 1. The molecule has 2 N–H and O–H groups in total. The van der Waals surface area contributed by atoms with Crippen LogP contribution in [0.3, 0.4) is 0 Å². The fourth-order valence-electron chi connectivity index (χ4n) is 3.32. The van der Waals surface area contributed by atoms with E-state index in [1.165, 1.54) is 30.6 Å². The number of hydrogen-bond donors (Lipinski definition) is 2. The number of ether oxygens (including phenoxy) is 1. The van der Waals surface area contributed by atoms with E-state index < -0.39 is 21.6 Å². The lowest BCUT2D eigenvalue weighted by molar-refractivity contribution is 0.442. The lowest BCUT2D eigenvalue weighted by Gasteiger charge is -2.13. The van der Waals surface area contributed by atoms with Crippen molar-refractivity contribution in [2.24, 2.45) is 0 Å². The van der Waals surface area contributed by atoms with Crippen LogP contribution < -0.4 is 15.2 Å². The van der Waals surface area contributed by atoms with Gasteiger partial charge in [-0.3, -0.25) is 4.98 Å². The first kappa shape index (κ1) is 22.6. The van der Waals surface area contributed by atoms with Crippen molar-refractivity contribution in [2.45, 2.75) is 4.90 Å². The van der Waals surface area contributed by atoms with Gasteiger partial charge in [0.15, 0.2) is 17.1 Å². The van der Waals surface area contributed by atoms with E-state index in [1.54, 1.807) is 36.4 Å². The molecule has 3 aromatic carbocycles. The highest BCUT2D eigenvalue weighted by molar-refractivity contribution is 7.92. The molecule has 176 valence electrons. The third kappa shape index (κ3) is 4.72. The second-order valence-electron chi connectivity index (χ2n) is 7.24. The molecule has 0 unspecified atom stereocenters. The number of benzene rings is 3. The summed E-state index contributed by atoms with van der Waals surface area (Å²) in [5.41, 5.74) is 1.98. The van der Waals surface area contributed by atoms with Gasteiger partial charge < -0.3 is 9.15 Å². The maximum absolute atomic E-state index is 14.9. The van der Waals surface area contributed by atoms with Crippen LogP contribution in [0.1, 0.15) is 0 Å². The van der Waals surface area contributed by atoms with Gasteiger partial charge in [-0.15, -0.1) is 0 Å². The van der Waals surface area contributed by atoms with Gasteiger partial charge in [-0.25, -0.2) is 32.3 Å². The monoisotopic (exact) mass is 512 g/mol. The zero-order chi connectivity index (χ0) is 24.6. The Morgan fingerprint density at radius 3 is 2.54 bits per heavy atom. The number of nitrogens with zero attached hydrogens (tertiary/aromatic N) is 2. The predicted octanol–water partition coefficient (Wildman–Crippen LogP) is 4.96. The fourth-order valence-corrected chi connectivity index (χ4v) is 4.46. The molecule has 0 aliphatic carbocycles. The molecule has 0 bridgehead atoms. The van der Waals surface area contributed by atoms with E-state index >= 15 is 0 Å². The lowest BCUT2D eigenvalue weighted by Crippen LogP contribution is -2.15. The van der Waals surface area contributed by atoms with Crippen molar-refractivity contribution < 1.29 is 22.0 Å². The summed E-state index contributed by atoms with van der Waals surface area (Å²) in [5, 5.41) is 0.407. The second-order valence-corrected chi connectivity index (χ2v) is 9.36. The molecule has 9 nitrogen and oxygen atoms in total. The average molecular weight is 513 g/mol. The smallest absolute Gasteiger partial charge is 0.417 e. The number of oxazole rings is 1. The van der Waals surface area contributed by atoms with E-state index in [4.69, 9.17) is 20.8 Å². The Morgan fingerprint density at radius 2 is 1.77 bits per heavy atom. The van der Waals surface area contributed by atoms with E-state index in [0.29, 0.717) is 27.2 Å². The molecule has 5 rings (SSSR count). The third-order valence-electron chi connectivity index (χ3n) is 4.90. The number of aromatic amines is 1. The number of aromatic nitrogens is 3. The number of anilines is 1. The van der Waals surface area contributed by atoms with Crippen molar-refractivity contribution in [2.75, 3.05) is 4.72 Å². The van der Waals surface area contributed by atoms with Crippen molar-refractivity contribution in [1.29, 1.82) is 0 Å². The predicted molar refractivity (Wildman–Crippen MR) is 127 cm³/mol. The molecule has 35 heavy (non-hydrogen) atoms. The van der Waals surface area contributed by atoms with E-state index in [0.717, 1.165) is 6.07 Å². The maximum Gasteiger partial charge on any atom is 0.417 e. The highest BCUT2D eigenvalue weighted by Gasteiger charge is 2.19. The van der Waals surface area contributed by atoms with Crippen molar-refractivity contribution in [3.8, 4) is 22.6 Å². The molecule has 0 radical (unpaired) electrons. The minimum Gasteiger partial charge on any atom is -0.454 e. The van der Waals surface area contributed by atoms with Gasteiger partial charge in [0, 0.05) is 23.0 Å². The highest BCUT2D eigenvalue weighted by Crippen LogP contribution is 2.37. The van der Waals surface area contributed by atoms with Gasteiger partial charge in [0.25, 0.3) is 10.0 Å². The molecular weight excluding hydrogens is 499 g/mol. The number of nitrogens with one attached hydrogen (secondary N) is 2. The summed E-state index contributed by atoms with van der Waals surface area (Å²) in [6.07, 6.45) is 2.74. The van der Waals surface area contributed by atoms with E-state index in [-0.39, 0.29) is 22.3 Å². The third-order valence-corrected chi connectivity index (χ3v) is 6.46. The summed E-state index contributed by atoms with van der Waals surface area (Å²) in [6.45, 7) is 0. The van der Waals surface area contributed by atoms with Gasteiger partial charge in [0.2, 0.25) is 5.95 Å². The molecule has 0 saturated carbocycles. The second kappa shape index (κ2) is 8.85. The number of H-pyrrole nitrogens is 1. The first-order chi connectivity index (χ1) is 16.8. The van der Waals surface area contributed by atoms with Gasteiger partial charge in [0.05, 0.1) is 10.4 Å². The standard InChI is InChI=1S/C23H14ClFN4O5S/c24-14-3-6-19(16(11-14)13-2-5-21-18(10-13)28-23(30)34-21)33-20-7-4-15(12-17(20)25)35(31,32)29-22-26-8-1-9-27-22/h1-12H,(H,28,30)(H,26,27,29). The Hall–Kier alpha value is -4.22. The Morgan fingerprint density at radius 1 is 1.00 bits per heavy atom. The van der Waals surface area contributed by atoms with Gasteiger partial charge in [-0.1, -0.05) is 17.7 Å². The minimum absolute atomic E-state index is 0.144. The molecular formula is C23H14ClFN4O5S. The van der Waals surface area contributed by atoms with Gasteiger partial charge in [-0.05, 0) is 60.2 Å². The zero-order valence-electron chi connectivity index (χ0n) is 17.5. The highest BCUT2D eigenvalue weighted by atomic mass is 35.5. The summed E-state index contributed by atoms with van der Waals surface area (Å²) >= 11 is 6.17. The summed E-state index contributed by atoms with van der Waals surface area (Å²) in [7, 11) is -4.13. The van der Waals surface area contributed by atoms with Crippen LogP contribution in [-0.2, 0) is 10.0 Å². The normalized spacial score (nSPS) is 11.5. The molecule has 12 heteroatoms. The lowest BCUT2D eigenvalue weighted by atomic mass is 10.0. The van der Waals surface area contributed by atoms with Crippen LogP contribution in [-0.4, -0.2) is 23.4 Å². The molecule has 0 saturated heterocycles. The van der Waals surface area contributed by atoms with Gasteiger partial charge >= 0.3 is 5.76 Å². The van der Waals surface area contributed by atoms with Crippen LogP contribution in [0.25, 0.3) is 22.2 Å². The van der Waals surface area contributed by atoms with Crippen molar-refractivity contribution in [1.82, 2.24) is 15.0 Å². The van der Waals surface area contributed by atoms with Crippen LogP contribution in [0.2, 0.25) is 5.02 Å². The molecule has 2 heterocycles. The average Bonchev–Trinajstić information content (AvgIpc) is 3.21. The Labute approximate surface area is 202 Å². The van der Waals surface area contributed by atoms with Crippen LogP contribution in [0.4, 0.5) is 10.3 Å². The number of sulfonamides is 1. The topological polar surface area (TPSA) is 127 Å². The molecule has 0 atom stereocenters. The molecule has 0 aliphatic rings. The molecule has 0 spiro atoms. The number of hydrogen-bond acceptors (Lipinski definition) is 7. The van der Waals surface area contributed by atoms with E-state index in [2.05, 4.69) is 19.7 Å². The van der Waals surface area contributed by atoms with Crippen LogP contribution >= 0.6 is 11.6 Å². The van der Waals surface area contributed by atoms with Crippen molar-refractivity contribution >= 4 is 38.7 Å². The largest absolute Gasteiger partial charge is 0.454 e. The van der Waals surface area contributed by atoms with E-state index in [9.17, 15) is 17.6 Å². The number of halogens is 2. The van der Waals surface area contributed by atoms with E-state index in [1.807, 2.05) is 0 Å². The number of rotatable bonds is 6. The van der Waals surface area contributed by atoms with Crippen LogP contribution in [0.5, 0.6) is 11.5 Å². The van der Waals surface area contributed by atoms with Crippen LogP contribution in [0, 0.1) is 5.82 Å². The van der Waals surface area contributed by atoms with Crippen LogP contribution in [0.15, 0.2) is 87.2 Å². The molecule has 0 amide bonds. The minimum atomic E-state index is -4.13. The SMILES string of the molecule is O=c1[nH]c2cc(-c3cc(Cl)ccc3Oc3ccc(S(=O)(=O)Nc4ncccn4)cc3F)ccc2o1. The Bertz CT molecular complexity index is 1720. The Balaban J connectivity index is 1.47. The quantitative estimate of drug-likeness (QED) is 0.329. The van der Waals surface area contributed by atoms with Gasteiger partial charge in [0.1, 0.15) is 5.75 Å². The van der Waals surface area contributed by atoms with Gasteiger partial charge in [-0.2, -0.15) is 0 Å². The first-order valence-corrected chi connectivity index (χ1v) is 11.8. The molecule has 0 aliphatic heterocycles. The molecule has 5 aromatic rings. The Kier molecular flexibility index (Phi) is 5.71. The summed E-state index contributed by atoms with van der Waals surface area (Å²) < 4.78 is 53.0. The molecule has 2 aromatic heterocycles. The summed E-state index contributed by atoms with van der Waals surface area (Å²) in [4.78, 5) is 21.3. The molecule has 0 fully saturated rings. The fraction of sp³-hybridized carbons (Fsp3) is 0. The zero-order valence-corrected chi connectivity index (χ0v) is 19.1. The summed E-state index contributed by atoms with van der Waals surface area (Å²) in [6, 6.07) is 14.5. The summed E-state index contributed by atoms with van der Waals surface area (Å²) in [5.74, 6) is -1.59. The van der Waals surface area contributed by atoms with Crippen molar-refractivity contribution in [3.63, 3.8) is 0 Å². The van der Waals surface area contributed by atoms with Crippen molar-refractivity contribution in [3.05, 3.63) is 94.4 Å². The maximum atomic E-state index is 14.9.